The third-order valence-electron chi connectivity index (χ3n) is 11.7. The van der Waals surface area contributed by atoms with Gasteiger partial charge in [-0.2, -0.15) is 0 Å². The molecule has 0 unspecified atom stereocenters. The fraction of sp³-hybridized carbons (Fsp3) is 0.524. The summed E-state index contributed by atoms with van der Waals surface area (Å²) in [6, 6.07) is 24.1. The van der Waals surface area contributed by atoms with Crippen molar-refractivity contribution in [1.82, 2.24) is 14.7 Å². The van der Waals surface area contributed by atoms with Gasteiger partial charge >= 0.3 is 0 Å². The minimum absolute atomic E-state index is 0.0858. The third kappa shape index (κ3) is 8.26. The van der Waals surface area contributed by atoms with Crippen molar-refractivity contribution in [1.29, 1.82) is 0 Å². The monoisotopic (exact) mass is 711 g/mol. The van der Waals surface area contributed by atoms with Gasteiger partial charge in [0.25, 0.3) is 5.91 Å². The van der Waals surface area contributed by atoms with Crippen LogP contribution in [-0.2, 0) is 21.5 Å². The van der Waals surface area contributed by atoms with Crippen LogP contribution in [0.2, 0.25) is 0 Å². The maximum atomic E-state index is 13.7. The first-order valence-corrected chi connectivity index (χ1v) is 20.0. The summed E-state index contributed by atoms with van der Waals surface area (Å²) in [4.78, 5) is 36.6. The molecule has 9 heteroatoms. The Balaban J connectivity index is 1.11. The second-order valence-corrected chi connectivity index (χ2v) is 16.1. The smallest absolute Gasteiger partial charge is 0.254 e. The van der Waals surface area contributed by atoms with Gasteiger partial charge in [0.05, 0.1) is 18.6 Å². The Bertz CT molecular complexity index is 1620. The van der Waals surface area contributed by atoms with E-state index < -0.39 is 5.41 Å². The van der Waals surface area contributed by atoms with Gasteiger partial charge in [0.1, 0.15) is 0 Å². The molecule has 0 saturated carbocycles. The zero-order valence-electron chi connectivity index (χ0n) is 31.5. The summed E-state index contributed by atoms with van der Waals surface area (Å²) in [6.45, 7) is 17.6. The van der Waals surface area contributed by atoms with E-state index in [1.807, 2.05) is 38.9 Å². The summed E-state index contributed by atoms with van der Waals surface area (Å²) in [7, 11) is 0. The standard InChI is InChI=1S/C42H57N5O3S/c1-31-28-35(43-51-6)29-32(2)38(31)39(48)44-22-18-42(5,19-23-44)46-20-16-37(17-21-46)47(30-33-10-8-7-9-11-33)36-14-12-34(13-15-36)41(3,4)40(49)45-24-26-50-27-25-45/h7-15,28-29,37,43H,16-27,30H2,1-6H3. The van der Waals surface area contributed by atoms with Gasteiger partial charge in [-0.1, -0.05) is 54.4 Å². The molecule has 274 valence electrons. The summed E-state index contributed by atoms with van der Waals surface area (Å²) in [5.41, 5.74) is 7.00. The van der Waals surface area contributed by atoms with Crippen LogP contribution in [0.15, 0.2) is 66.7 Å². The quantitative estimate of drug-likeness (QED) is 0.222. The van der Waals surface area contributed by atoms with Gasteiger partial charge in [-0.3, -0.25) is 14.5 Å². The van der Waals surface area contributed by atoms with E-state index in [1.54, 1.807) is 11.9 Å². The third-order valence-corrected chi connectivity index (χ3v) is 12.2. The molecular weight excluding hydrogens is 655 g/mol. The van der Waals surface area contributed by atoms with Crippen LogP contribution < -0.4 is 9.62 Å². The predicted octanol–water partition coefficient (Wildman–Crippen LogP) is 7.30. The van der Waals surface area contributed by atoms with E-state index in [0.29, 0.717) is 32.3 Å². The van der Waals surface area contributed by atoms with Gasteiger partial charge in [-0.05, 0) is 107 Å². The summed E-state index contributed by atoms with van der Waals surface area (Å²) in [6.07, 6.45) is 6.16. The SMILES string of the molecule is CSNc1cc(C)c(C(=O)N2CCC(C)(N3CCC(N(Cc4ccccc4)c4ccc(C(C)(C)C(=O)N5CCOCC5)cc4)CC3)CC2)c(C)c1. The molecule has 3 fully saturated rings. The van der Waals surface area contributed by atoms with Crippen molar-refractivity contribution in [2.75, 3.05) is 68.4 Å². The number of benzene rings is 3. The number of hydrogen-bond donors (Lipinski definition) is 1. The molecule has 3 aliphatic heterocycles. The van der Waals surface area contributed by atoms with Crippen LogP contribution in [0.4, 0.5) is 11.4 Å². The molecule has 3 aliphatic rings. The lowest BCUT2D eigenvalue weighted by molar-refractivity contribution is -0.140. The molecule has 0 radical (unpaired) electrons. The average molecular weight is 712 g/mol. The number of carbonyl (C=O) groups is 2. The van der Waals surface area contributed by atoms with Crippen molar-refractivity contribution >= 4 is 35.1 Å². The Kier molecular flexibility index (Phi) is 11.7. The highest BCUT2D eigenvalue weighted by Gasteiger charge is 2.40. The van der Waals surface area contributed by atoms with E-state index in [-0.39, 0.29) is 17.4 Å². The van der Waals surface area contributed by atoms with Gasteiger partial charge in [-0.15, -0.1) is 0 Å². The number of anilines is 2. The lowest BCUT2D eigenvalue weighted by Crippen LogP contribution is -2.58. The van der Waals surface area contributed by atoms with Gasteiger partial charge in [-0.25, -0.2) is 0 Å². The second-order valence-electron chi connectivity index (χ2n) is 15.5. The summed E-state index contributed by atoms with van der Waals surface area (Å²) in [5, 5.41) is 0. The number of hydrogen-bond acceptors (Lipinski definition) is 7. The van der Waals surface area contributed by atoms with Gasteiger partial charge in [0.2, 0.25) is 5.91 Å². The van der Waals surface area contributed by atoms with Crippen molar-refractivity contribution in [3.05, 3.63) is 94.5 Å². The van der Waals surface area contributed by atoms with Crippen LogP contribution >= 0.6 is 11.9 Å². The van der Waals surface area contributed by atoms with Crippen LogP contribution in [0.3, 0.4) is 0 Å². The van der Waals surface area contributed by atoms with Gasteiger partial charge in [0, 0.05) is 80.6 Å². The number of morpholine rings is 1. The maximum absolute atomic E-state index is 13.7. The van der Waals surface area contributed by atoms with E-state index in [1.165, 1.54) is 11.3 Å². The molecule has 51 heavy (non-hydrogen) atoms. The molecule has 3 heterocycles. The van der Waals surface area contributed by atoms with E-state index in [2.05, 4.69) is 93.1 Å². The Hall–Kier alpha value is -3.53. The van der Waals surface area contributed by atoms with Gasteiger partial charge < -0.3 is 24.2 Å². The predicted molar refractivity (Wildman–Crippen MR) is 211 cm³/mol. The van der Waals surface area contributed by atoms with Crippen LogP contribution in [0.1, 0.15) is 79.1 Å². The van der Waals surface area contributed by atoms with Crippen LogP contribution in [-0.4, -0.2) is 96.8 Å². The number of ether oxygens (including phenoxy) is 1. The maximum Gasteiger partial charge on any atom is 0.254 e. The van der Waals surface area contributed by atoms with Crippen molar-refractivity contribution in [3.63, 3.8) is 0 Å². The highest BCUT2D eigenvalue weighted by Crippen LogP contribution is 2.36. The van der Waals surface area contributed by atoms with Crippen LogP contribution in [0, 0.1) is 13.8 Å². The molecule has 8 nitrogen and oxygen atoms in total. The fourth-order valence-electron chi connectivity index (χ4n) is 8.43. The fourth-order valence-corrected chi connectivity index (χ4v) is 8.78. The highest BCUT2D eigenvalue weighted by atomic mass is 32.2. The molecule has 0 spiro atoms. The molecule has 0 atom stereocenters. The Morgan fingerprint density at radius 1 is 0.882 bits per heavy atom. The second kappa shape index (κ2) is 16.0. The molecule has 0 aromatic heterocycles. The number of piperidine rings is 2. The molecule has 0 aliphatic carbocycles. The normalized spacial score (nSPS) is 18.8. The molecule has 6 rings (SSSR count). The molecule has 3 saturated heterocycles. The lowest BCUT2D eigenvalue weighted by atomic mass is 9.82. The lowest BCUT2D eigenvalue weighted by Gasteiger charge is -2.50. The number of rotatable bonds is 10. The van der Waals surface area contributed by atoms with Crippen molar-refractivity contribution in [2.45, 2.75) is 83.8 Å². The molecule has 2 amide bonds. The number of carbonyl (C=O) groups excluding carboxylic acids is 2. The zero-order valence-corrected chi connectivity index (χ0v) is 32.4. The number of aryl methyl sites for hydroxylation is 2. The topological polar surface area (TPSA) is 68.4 Å². The van der Waals surface area contributed by atoms with Crippen LogP contribution in [0.5, 0.6) is 0 Å². The Morgan fingerprint density at radius 3 is 2.08 bits per heavy atom. The summed E-state index contributed by atoms with van der Waals surface area (Å²) >= 11 is 1.57. The van der Waals surface area contributed by atoms with E-state index in [4.69, 9.17) is 4.74 Å². The first-order chi connectivity index (χ1) is 24.5. The molecule has 1 N–H and O–H groups in total. The highest BCUT2D eigenvalue weighted by molar-refractivity contribution is 7.99. The van der Waals surface area contributed by atoms with Crippen molar-refractivity contribution in [3.8, 4) is 0 Å². The van der Waals surface area contributed by atoms with Crippen LogP contribution in [0.25, 0.3) is 0 Å². The molecule has 3 aromatic rings. The first-order valence-electron chi connectivity index (χ1n) is 18.7. The van der Waals surface area contributed by atoms with E-state index in [9.17, 15) is 9.59 Å². The average Bonchev–Trinajstić information content (AvgIpc) is 3.14. The van der Waals surface area contributed by atoms with Crippen molar-refractivity contribution in [2.24, 2.45) is 0 Å². The number of nitrogens with one attached hydrogen (secondary N) is 1. The number of amides is 2. The molecule has 3 aromatic carbocycles. The molecule has 0 bridgehead atoms. The van der Waals surface area contributed by atoms with Gasteiger partial charge in [0.15, 0.2) is 0 Å². The van der Waals surface area contributed by atoms with E-state index in [0.717, 1.165) is 86.3 Å². The largest absolute Gasteiger partial charge is 0.378 e. The first kappa shape index (κ1) is 37.2. The number of nitrogens with zero attached hydrogens (tertiary/aromatic N) is 4. The van der Waals surface area contributed by atoms with E-state index >= 15 is 0 Å². The molecular formula is C42H57N5O3S. The number of likely N-dealkylation sites (tertiary alicyclic amines) is 2. The Morgan fingerprint density at radius 2 is 1.49 bits per heavy atom. The minimum Gasteiger partial charge on any atom is -0.378 e. The summed E-state index contributed by atoms with van der Waals surface area (Å²) < 4.78 is 8.79. The summed E-state index contributed by atoms with van der Waals surface area (Å²) in [5.74, 6) is 0.330. The minimum atomic E-state index is -0.602. The Labute approximate surface area is 310 Å². The zero-order chi connectivity index (χ0) is 36.2. The van der Waals surface area contributed by atoms with Crippen molar-refractivity contribution < 1.29 is 14.3 Å².